The molecule has 1 saturated carbocycles. The van der Waals surface area contributed by atoms with E-state index in [2.05, 4.69) is 42.5 Å². The molecular formula is C13H23N3S. The first-order valence-corrected chi connectivity index (χ1v) is 7.61. The minimum atomic E-state index is 0.438. The van der Waals surface area contributed by atoms with Crippen molar-refractivity contribution in [2.75, 3.05) is 5.75 Å². The van der Waals surface area contributed by atoms with Crippen molar-refractivity contribution >= 4 is 11.8 Å². The normalized spacial score (nSPS) is 16.5. The van der Waals surface area contributed by atoms with Crippen LogP contribution in [0.15, 0.2) is 0 Å². The molecule has 1 aliphatic carbocycles. The lowest BCUT2D eigenvalue weighted by Crippen LogP contribution is -2.07. The molecule has 1 aromatic rings. The van der Waals surface area contributed by atoms with E-state index >= 15 is 0 Å². The van der Waals surface area contributed by atoms with Crippen molar-refractivity contribution in [3.8, 4) is 0 Å². The van der Waals surface area contributed by atoms with Gasteiger partial charge in [0.2, 0.25) is 0 Å². The van der Waals surface area contributed by atoms with Crippen LogP contribution < -0.4 is 0 Å². The maximum Gasteiger partial charge on any atom is 0.143 e. The average molecular weight is 253 g/mol. The summed E-state index contributed by atoms with van der Waals surface area (Å²) in [6.07, 6.45) is 3.87. The number of hydrogen-bond donors (Lipinski definition) is 0. The molecule has 96 valence electrons. The third kappa shape index (κ3) is 3.73. The second-order valence-electron chi connectivity index (χ2n) is 6.13. The van der Waals surface area contributed by atoms with Gasteiger partial charge < -0.3 is 4.57 Å². The fourth-order valence-electron chi connectivity index (χ4n) is 1.86. The van der Waals surface area contributed by atoms with Gasteiger partial charge in [-0.25, -0.2) is 0 Å². The summed E-state index contributed by atoms with van der Waals surface area (Å²) in [7, 11) is 0. The molecule has 1 heterocycles. The molecule has 4 heteroatoms. The molecule has 0 aliphatic heterocycles. The number of thioether (sulfide) groups is 1. The Bertz CT molecular complexity index is 375. The van der Waals surface area contributed by atoms with Crippen LogP contribution in [-0.4, -0.2) is 20.5 Å². The first kappa shape index (κ1) is 12.9. The van der Waals surface area contributed by atoms with Gasteiger partial charge >= 0.3 is 0 Å². The SMILES string of the molecule is Cc1nnc(CSCCC(C)(C)C)n1C1CC1. The van der Waals surface area contributed by atoms with Crippen molar-refractivity contribution in [1.29, 1.82) is 0 Å². The quantitative estimate of drug-likeness (QED) is 0.751. The number of aromatic nitrogens is 3. The third-order valence-electron chi connectivity index (χ3n) is 3.08. The molecule has 1 aromatic heterocycles. The second-order valence-corrected chi connectivity index (χ2v) is 7.23. The largest absolute Gasteiger partial charge is 0.311 e. The van der Waals surface area contributed by atoms with Gasteiger partial charge in [-0.05, 0) is 37.4 Å². The Morgan fingerprint density at radius 1 is 1.29 bits per heavy atom. The molecule has 17 heavy (non-hydrogen) atoms. The highest BCUT2D eigenvalue weighted by Gasteiger charge is 2.27. The molecule has 0 saturated heterocycles. The van der Waals surface area contributed by atoms with Crippen molar-refractivity contribution in [3.63, 3.8) is 0 Å². The van der Waals surface area contributed by atoms with Crippen LogP contribution in [0.25, 0.3) is 0 Å². The van der Waals surface area contributed by atoms with E-state index < -0.39 is 0 Å². The lowest BCUT2D eigenvalue weighted by atomic mass is 9.94. The topological polar surface area (TPSA) is 30.7 Å². The van der Waals surface area contributed by atoms with Gasteiger partial charge in [0.1, 0.15) is 11.6 Å². The monoisotopic (exact) mass is 253 g/mol. The summed E-state index contributed by atoms with van der Waals surface area (Å²) in [5.74, 6) is 4.47. The van der Waals surface area contributed by atoms with Gasteiger partial charge in [-0.2, -0.15) is 11.8 Å². The van der Waals surface area contributed by atoms with Crippen LogP contribution in [0.4, 0.5) is 0 Å². The standard InChI is InChI=1S/C13H23N3S/c1-10-14-15-12(16(10)11-5-6-11)9-17-8-7-13(2,3)4/h11H,5-9H2,1-4H3. The molecule has 0 bridgehead atoms. The summed E-state index contributed by atoms with van der Waals surface area (Å²) in [6, 6.07) is 0.697. The first-order chi connectivity index (χ1) is 7.97. The summed E-state index contributed by atoms with van der Waals surface area (Å²) >= 11 is 1.98. The lowest BCUT2D eigenvalue weighted by molar-refractivity contribution is 0.401. The molecule has 2 rings (SSSR count). The molecule has 0 amide bonds. The summed E-state index contributed by atoms with van der Waals surface area (Å²) in [5, 5.41) is 8.51. The van der Waals surface area contributed by atoms with Gasteiger partial charge in [0, 0.05) is 6.04 Å². The predicted octanol–water partition coefficient (Wildman–Crippen LogP) is 3.59. The molecule has 1 fully saturated rings. The molecule has 0 spiro atoms. The zero-order valence-electron chi connectivity index (χ0n) is 11.4. The molecule has 0 radical (unpaired) electrons. The highest BCUT2D eigenvalue weighted by atomic mass is 32.2. The number of rotatable bonds is 5. The Hall–Kier alpha value is -0.510. The summed E-state index contributed by atoms with van der Waals surface area (Å²) in [4.78, 5) is 0. The molecule has 1 aliphatic rings. The smallest absolute Gasteiger partial charge is 0.143 e. The van der Waals surface area contributed by atoms with E-state index in [-0.39, 0.29) is 0 Å². The van der Waals surface area contributed by atoms with E-state index in [0.29, 0.717) is 11.5 Å². The molecular weight excluding hydrogens is 230 g/mol. The maximum atomic E-state index is 4.30. The van der Waals surface area contributed by atoms with Crippen molar-refractivity contribution < 1.29 is 0 Å². The van der Waals surface area contributed by atoms with Gasteiger partial charge in [0.05, 0.1) is 5.75 Å². The van der Waals surface area contributed by atoms with Crippen LogP contribution in [-0.2, 0) is 5.75 Å². The number of aryl methyl sites for hydroxylation is 1. The van der Waals surface area contributed by atoms with E-state index in [9.17, 15) is 0 Å². The van der Waals surface area contributed by atoms with Crippen LogP contribution in [0.3, 0.4) is 0 Å². The van der Waals surface area contributed by atoms with Crippen LogP contribution in [0.5, 0.6) is 0 Å². The molecule has 0 aromatic carbocycles. The Kier molecular flexibility index (Phi) is 3.81. The van der Waals surface area contributed by atoms with Crippen molar-refractivity contribution in [1.82, 2.24) is 14.8 Å². The van der Waals surface area contributed by atoms with E-state index in [1.165, 1.54) is 30.8 Å². The Balaban J connectivity index is 1.83. The molecule has 3 nitrogen and oxygen atoms in total. The van der Waals surface area contributed by atoms with E-state index in [1.807, 2.05) is 11.8 Å². The minimum Gasteiger partial charge on any atom is -0.311 e. The highest BCUT2D eigenvalue weighted by Crippen LogP contribution is 2.37. The third-order valence-corrected chi connectivity index (χ3v) is 4.03. The van der Waals surface area contributed by atoms with Gasteiger partial charge in [0.15, 0.2) is 0 Å². The van der Waals surface area contributed by atoms with Crippen LogP contribution >= 0.6 is 11.8 Å². The number of nitrogens with zero attached hydrogens (tertiary/aromatic N) is 3. The maximum absolute atomic E-state index is 4.30. The summed E-state index contributed by atoms with van der Waals surface area (Å²) < 4.78 is 2.34. The van der Waals surface area contributed by atoms with E-state index in [1.54, 1.807) is 0 Å². The van der Waals surface area contributed by atoms with Crippen LogP contribution in [0.2, 0.25) is 0 Å². The molecule has 0 unspecified atom stereocenters. The predicted molar refractivity (Wildman–Crippen MR) is 73.3 cm³/mol. The van der Waals surface area contributed by atoms with Gasteiger partial charge in [-0.15, -0.1) is 10.2 Å². The zero-order valence-corrected chi connectivity index (χ0v) is 12.2. The van der Waals surface area contributed by atoms with Gasteiger partial charge in [0.25, 0.3) is 0 Å². The van der Waals surface area contributed by atoms with E-state index in [4.69, 9.17) is 0 Å². The van der Waals surface area contributed by atoms with Gasteiger partial charge in [-0.3, -0.25) is 0 Å². The van der Waals surface area contributed by atoms with Crippen LogP contribution in [0, 0.1) is 12.3 Å². The Labute approximate surface area is 108 Å². The Morgan fingerprint density at radius 2 is 2.00 bits per heavy atom. The average Bonchev–Trinajstić information content (AvgIpc) is 2.98. The minimum absolute atomic E-state index is 0.438. The van der Waals surface area contributed by atoms with Gasteiger partial charge in [-0.1, -0.05) is 20.8 Å². The van der Waals surface area contributed by atoms with Crippen molar-refractivity contribution in [3.05, 3.63) is 11.6 Å². The molecule has 0 atom stereocenters. The summed E-state index contributed by atoms with van der Waals surface area (Å²) in [5.41, 5.74) is 0.438. The first-order valence-electron chi connectivity index (χ1n) is 6.45. The number of hydrogen-bond acceptors (Lipinski definition) is 3. The van der Waals surface area contributed by atoms with Crippen molar-refractivity contribution in [2.24, 2.45) is 5.41 Å². The second kappa shape index (κ2) is 5.01. The van der Waals surface area contributed by atoms with Crippen LogP contribution in [0.1, 0.15) is 57.7 Å². The summed E-state index contributed by atoms with van der Waals surface area (Å²) in [6.45, 7) is 8.95. The zero-order chi connectivity index (χ0) is 12.5. The van der Waals surface area contributed by atoms with Crippen molar-refractivity contribution in [2.45, 2.75) is 58.8 Å². The molecule has 0 N–H and O–H groups in total. The van der Waals surface area contributed by atoms with E-state index in [0.717, 1.165) is 11.6 Å². The lowest BCUT2D eigenvalue weighted by Gasteiger charge is -2.17. The highest BCUT2D eigenvalue weighted by molar-refractivity contribution is 7.98. The fraction of sp³-hybridized carbons (Fsp3) is 0.846. The fourth-order valence-corrected chi connectivity index (χ4v) is 3.14. The Morgan fingerprint density at radius 3 is 2.59 bits per heavy atom.